The van der Waals surface area contributed by atoms with E-state index in [0.29, 0.717) is 46.8 Å². The summed E-state index contributed by atoms with van der Waals surface area (Å²) in [5.41, 5.74) is 0.798. The SMILES string of the molecule is O=C1CCC(c2nc(Cc3c(Cl)cccc3Cl)no2)CC1. The number of rotatable bonds is 3. The second-order valence-electron chi connectivity index (χ2n) is 5.24. The summed E-state index contributed by atoms with van der Waals surface area (Å²) >= 11 is 12.3. The normalized spacial score (nSPS) is 16.4. The molecule has 0 saturated heterocycles. The summed E-state index contributed by atoms with van der Waals surface area (Å²) in [6, 6.07) is 5.38. The Balaban J connectivity index is 1.75. The summed E-state index contributed by atoms with van der Waals surface area (Å²) in [6.07, 6.45) is 3.20. The van der Waals surface area contributed by atoms with Crippen LogP contribution >= 0.6 is 23.2 Å². The molecule has 1 heterocycles. The fourth-order valence-corrected chi connectivity index (χ4v) is 3.08. The number of hydrogen-bond acceptors (Lipinski definition) is 4. The minimum absolute atomic E-state index is 0.186. The molecule has 0 atom stereocenters. The molecule has 0 aliphatic heterocycles. The van der Waals surface area contributed by atoms with Crippen LogP contribution in [0.4, 0.5) is 0 Å². The molecule has 1 aromatic carbocycles. The van der Waals surface area contributed by atoms with E-state index in [4.69, 9.17) is 27.7 Å². The predicted octanol–water partition coefficient (Wildman–Crippen LogP) is 4.19. The van der Waals surface area contributed by atoms with E-state index in [1.165, 1.54) is 0 Å². The van der Waals surface area contributed by atoms with Gasteiger partial charge in [0.25, 0.3) is 0 Å². The molecule has 110 valence electrons. The van der Waals surface area contributed by atoms with E-state index in [2.05, 4.69) is 10.1 Å². The smallest absolute Gasteiger partial charge is 0.229 e. The molecule has 2 aromatic rings. The van der Waals surface area contributed by atoms with Crippen molar-refractivity contribution < 1.29 is 9.32 Å². The van der Waals surface area contributed by atoms with E-state index in [1.807, 2.05) is 0 Å². The summed E-state index contributed by atoms with van der Waals surface area (Å²) in [7, 11) is 0. The summed E-state index contributed by atoms with van der Waals surface area (Å²) in [4.78, 5) is 15.7. The molecule has 0 radical (unpaired) electrons. The van der Waals surface area contributed by atoms with Crippen LogP contribution in [0.1, 0.15) is 48.9 Å². The second kappa shape index (κ2) is 6.16. The molecule has 1 aromatic heterocycles. The third kappa shape index (κ3) is 3.27. The van der Waals surface area contributed by atoms with Crippen LogP contribution in [-0.2, 0) is 11.2 Å². The molecule has 0 unspecified atom stereocenters. The quantitative estimate of drug-likeness (QED) is 0.849. The van der Waals surface area contributed by atoms with Crippen LogP contribution in [0.5, 0.6) is 0 Å². The number of benzene rings is 1. The highest BCUT2D eigenvalue weighted by Crippen LogP contribution is 2.31. The number of nitrogens with zero attached hydrogens (tertiary/aromatic N) is 2. The molecule has 0 N–H and O–H groups in total. The number of Topliss-reactive ketones (excluding diaryl/α,β-unsaturated/α-hetero) is 1. The Labute approximate surface area is 132 Å². The van der Waals surface area contributed by atoms with Crippen molar-refractivity contribution in [2.75, 3.05) is 0 Å². The number of aromatic nitrogens is 2. The van der Waals surface area contributed by atoms with Crippen molar-refractivity contribution in [1.82, 2.24) is 10.1 Å². The van der Waals surface area contributed by atoms with Crippen molar-refractivity contribution in [2.45, 2.75) is 38.0 Å². The third-order valence-corrected chi connectivity index (χ3v) is 4.48. The van der Waals surface area contributed by atoms with Gasteiger partial charge in [0, 0.05) is 35.2 Å². The van der Waals surface area contributed by atoms with Gasteiger partial charge in [-0.1, -0.05) is 34.4 Å². The maximum Gasteiger partial charge on any atom is 0.229 e. The molecule has 6 heteroatoms. The predicted molar refractivity (Wildman–Crippen MR) is 79.8 cm³/mol. The minimum Gasteiger partial charge on any atom is -0.339 e. The zero-order chi connectivity index (χ0) is 14.8. The molecule has 4 nitrogen and oxygen atoms in total. The largest absolute Gasteiger partial charge is 0.339 e. The third-order valence-electron chi connectivity index (χ3n) is 3.77. The highest BCUT2D eigenvalue weighted by molar-refractivity contribution is 6.36. The summed E-state index contributed by atoms with van der Waals surface area (Å²) in [6.45, 7) is 0. The maximum absolute atomic E-state index is 11.3. The van der Waals surface area contributed by atoms with Crippen LogP contribution in [0.15, 0.2) is 22.7 Å². The first-order chi connectivity index (χ1) is 10.1. The fraction of sp³-hybridized carbons (Fsp3) is 0.400. The van der Waals surface area contributed by atoms with E-state index >= 15 is 0 Å². The van der Waals surface area contributed by atoms with E-state index in [1.54, 1.807) is 18.2 Å². The van der Waals surface area contributed by atoms with Gasteiger partial charge in [-0.2, -0.15) is 4.98 Å². The van der Waals surface area contributed by atoms with Crippen molar-refractivity contribution >= 4 is 29.0 Å². The van der Waals surface area contributed by atoms with Crippen molar-refractivity contribution in [3.05, 3.63) is 45.5 Å². The van der Waals surface area contributed by atoms with Crippen LogP contribution in [-0.4, -0.2) is 15.9 Å². The fourth-order valence-electron chi connectivity index (χ4n) is 2.55. The average molecular weight is 325 g/mol. The molecule has 3 rings (SSSR count). The van der Waals surface area contributed by atoms with Gasteiger partial charge < -0.3 is 4.52 Å². The van der Waals surface area contributed by atoms with Gasteiger partial charge in [-0.25, -0.2) is 0 Å². The molecule has 1 fully saturated rings. The lowest BCUT2D eigenvalue weighted by molar-refractivity contribution is -0.120. The molecule has 1 aliphatic rings. The highest BCUT2D eigenvalue weighted by Gasteiger charge is 2.25. The Morgan fingerprint density at radius 1 is 1.19 bits per heavy atom. The summed E-state index contributed by atoms with van der Waals surface area (Å²) < 4.78 is 5.33. The van der Waals surface area contributed by atoms with Crippen molar-refractivity contribution in [1.29, 1.82) is 0 Å². The average Bonchev–Trinajstić information content (AvgIpc) is 2.92. The van der Waals surface area contributed by atoms with Gasteiger partial charge in [0.2, 0.25) is 5.89 Å². The van der Waals surface area contributed by atoms with Crippen LogP contribution in [0, 0.1) is 0 Å². The highest BCUT2D eigenvalue weighted by atomic mass is 35.5. The van der Waals surface area contributed by atoms with Crippen LogP contribution in [0.2, 0.25) is 10.0 Å². The van der Waals surface area contributed by atoms with Gasteiger partial charge in [-0.15, -0.1) is 0 Å². The Morgan fingerprint density at radius 3 is 2.52 bits per heavy atom. The van der Waals surface area contributed by atoms with E-state index < -0.39 is 0 Å². The van der Waals surface area contributed by atoms with Crippen LogP contribution < -0.4 is 0 Å². The maximum atomic E-state index is 11.3. The van der Waals surface area contributed by atoms with Gasteiger partial charge in [0.1, 0.15) is 5.78 Å². The molecule has 0 bridgehead atoms. The number of ketones is 1. The number of carbonyl (C=O) groups excluding carboxylic acids is 1. The van der Waals surface area contributed by atoms with E-state index in [9.17, 15) is 4.79 Å². The summed E-state index contributed by atoms with van der Waals surface area (Å²) in [5.74, 6) is 1.68. The van der Waals surface area contributed by atoms with Crippen molar-refractivity contribution in [3.63, 3.8) is 0 Å². The van der Waals surface area contributed by atoms with Gasteiger partial charge in [-0.3, -0.25) is 4.79 Å². The van der Waals surface area contributed by atoms with Crippen LogP contribution in [0.3, 0.4) is 0 Å². The topological polar surface area (TPSA) is 56.0 Å². The lowest BCUT2D eigenvalue weighted by atomic mass is 9.88. The second-order valence-corrected chi connectivity index (χ2v) is 6.05. The van der Waals surface area contributed by atoms with E-state index in [-0.39, 0.29) is 5.92 Å². The Morgan fingerprint density at radius 2 is 1.86 bits per heavy atom. The monoisotopic (exact) mass is 324 g/mol. The van der Waals surface area contributed by atoms with Gasteiger partial charge in [0.15, 0.2) is 5.82 Å². The zero-order valence-electron chi connectivity index (χ0n) is 11.3. The minimum atomic E-state index is 0.186. The Kier molecular flexibility index (Phi) is 4.27. The lowest BCUT2D eigenvalue weighted by Crippen LogP contribution is -2.12. The first-order valence-electron chi connectivity index (χ1n) is 6.90. The molecule has 0 spiro atoms. The van der Waals surface area contributed by atoms with Crippen LogP contribution in [0.25, 0.3) is 0 Å². The molecule has 21 heavy (non-hydrogen) atoms. The van der Waals surface area contributed by atoms with E-state index in [0.717, 1.165) is 18.4 Å². The standard InChI is InChI=1S/C15H14Cl2N2O2/c16-12-2-1-3-13(17)11(12)8-14-18-15(21-19-14)9-4-6-10(20)7-5-9/h1-3,9H,4-8H2. The molecule has 0 amide bonds. The lowest BCUT2D eigenvalue weighted by Gasteiger charge is -2.16. The van der Waals surface area contributed by atoms with Gasteiger partial charge >= 0.3 is 0 Å². The zero-order valence-corrected chi connectivity index (χ0v) is 12.8. The first-order valence-corrected chi connectivity index (χ1v) is 7.66. The summed E-state index contributed by atoms with van der Waals surface area (Å²) in [5, 5.41) is 5.19. The van der Waals surface area contributed by atoms with Gasteiger partial charge in [0.05, 0.1) is 0 Å². The number of halogens is 2. The number of carbonyl (C=O) groups is 1. The Hall–Kier alpha value is -1.39. The number of hydrogen-bond donors (Lipinski definition) is 0. The van der Waals surface area contributed by atoms with Crippen molar-refractivity contribution in [3.8, 4) is 0 Å². The Bertz CT molecular complexity index is 639. The molecule has 1 aliphatic carbocycles. The molecule has 1 saturated carbocycles. The van der Waals surface area contributed by atoms with Gasteiger partial charge in [-0.05, 0) is 30.5 Å². The first kappa shape index (κ1) is 14.5. The molecular weight excluding hydrogens is 311 g/mol. The molecular formula is C15H14Cl2N2O2. The van der Waals surface area contributed by atoms with Crippen molar-refractivity contribution in [2.24, 2.45) is 0 Å².